The van der Waals surface area contributed by atoms with Crippen LogP contribution in [-0.4, -0.2) is 49.0 Å². The molecule has 1 aromatic heterocycles. The number of sulfonamides is 1. The zero-order chi connectivity index (χ0) is 17.7. The fourth-order valence-electron chi connectivity index (χ4n) is 2.91. The standard InChI is InChI=1S/C16H26N4O3S/c1-12-16(13(2)19-18-12)24(22,23)20(3)11-15(21)17-10-9-14-7-5-4-6-8-14/h7H,4-6,8-11H2,1-3H3,(H,17,21)(H,18,19). The summed E-state index contributed by atoms with van der Waals surface area (Å²) in [6.45, 7) is 3.62. The lowest BCUT2D eigenvalue weighted by atomic mass is 9.97. The number of aromatic nitrogens is 2. The fourth-order valence-corrected chi connectivity index (χ4v) is 4.36. The molecule has 0 saturated carbocycles. The number of H-pyrrole nitrogens is 1. The smallest absolute Gasteiger partial charge is 0.246 e. The molecule has 0 bridgehead atoms. The molecule has 0 saturated heterocycles. The van der Waals surface area contributed by atoms with E-state index in [1.807, 2.05) is 0 Å². The summed E-state index contributed by atoms with van der Waals surface area (Å²) in [5.41, 5.74) is 2.26. The first-order valence-electron chi connectivity index (χ1n) is 8.25. The van der Waals surface area contributed by atoms with E-state index in [0.717, 1.165) is 23.6 Å². The number of rotatable bonds is 7. The molecular weight excluding hydrogens is 328 g/mol. The molecule has 0 aliphatic heterocycles. The second-order valence-corrected chi connectivity index (χ2v) is 8.21. The molecular formula is C16H26N4O3S. The van der Waals surface area contributed by atoms with Gasteiger partial charge in [-0.05, 0) is 46.0 Å². The van der Waals surface area contributed by atoms with Crippen LogP contribution in [0.5, 0.6) is 0 Å². The van der Waals surface area contributed by atoms with Gasteiger partial charge in [0.2, 0.25) is 15.9 Å². The fraction of sp³-hybridized carbons (Fsp3) is 0.625. The number of hydrogen-bond acceptors (Lipinski definition) is 4. The van der Waals surface area contributed by atoms with E-state index in [2.05, 4.69) is 21.6 Å². The predicted octanol–water partition coefficient (Wildman–Crippen LogP) is 1.65. The van der Waals surface area contributed by atoms with Gasteiger partial charge < -0.3 is 5.32 Å². The molecule has 8 heteroatoms. The summed E-state index contributed by atoms with van der Waals surface area (Å²) < 4.78 is 26.2. The monoisotopic (exact) mass is 354 g/mol. The first-order valence-corrected chi connectivity index (χ1v) is 9.69. The van der Waals surface area contributed by atoms with Crippen LogP contribution in [0.1, 0.15) is 43.5 Å². The zero-order valence-corrected chi connectivity index (χ0v) is 15.4. The number of aryl methyl sites for hydroxylation is 2. The number of carbonyl (C=O) groups is 1. The summed E-state index contributed by atoms with van der Waals surface area (Å²) in [5.74, 6) is -0.295. The number of hydrogen-bond donors (Lipinski definition) is 2. The van der Waals surface area contributed by atoms with Crippen molar-refractivity contribution in [3.63, 3.8) is 0 Å². The minimum absolute atomic E-state index is 0.144. The lowest BCUT2D eigenvalue weighted by Gasteiger charge is -2.17. The van der Waals surface area contributed by atoms with Gasteiger partial charge in [-0.1, -0.05) is 11.6 Å². The van der Waals surface area contributed by atoms with E-state index in [1.165, 1.54) is 25.5 Å². The number of carbonyl (C=O) groups excluding carboxylic acids is 1. The quantitative estimate of drug-likeness (QED) is 0.728. The van der Waals surface area contributed by atoms with Crippen LogP contribution >= 0.6 is 0 Å². The Labute approximate surface area is 143 Å². The number of amides is 1. The van der Waals surface area contributed by atoms with Crippen LogP contribution in [0.25, 0.3) is 0 Å². The average molecular weight is 354 g/mol. The summed E-state index contributed by atoms with van der Waals surface area (Å²) in [5, 5.41) is 9.37. The van der Waals surface area contributed by atoms with Gasteiger partial charge >= 0.3 is 0 Å². The Hall–Kier alpha value is -1.67. The molecule has 1 aliphatic rings. The molecule has 0 aromatic carbocycles. The number of likely N-dealkylation sites (N-methyl/N-ethyl adjacent to an activating group) is 1. The molecule has 0 radical (unpaired) electrons. The Balaban J connectivity index is 1.88. The normalized spacial score (nSPS) is 15.4. The number of allylic oxidation sites excluding steroid dienone is 1. The SMILES string of the molecule is Cc1n[nH]c(C)c1S(=O)(=O)N(C)CC(=O)NCCC1=CCCCC1. The molecule has 134 valence electrons. The highest BCUT2D eigenvalue weighted by molar-refractivity contribution is 7.89. The van der Waals surface area contributed by atoms with Gasteiger partial charge in [-0.15, -0.1) is 0 Å². The van der Waals surface area contributed by atoms with Gasteiger partial charge in [0, 0.05) is 13.6 Å². The van der Waals surface area contributed by atoms with Gasteiger partial charge in [-0.25, -0.2) is 8.42 Å². The van der Waals surface area contributed by atoms with Crippen molar-refractivity contribution in [3.8, 4) is 0 Å². The summed E-state index contributed by atoms with van der Waals surface area (Å²) >= 11 is 0. The largest absolute Gasteiger partial charge is 0.355 e. The zero-order valence-electron chi connectivity index (χ0n) is 14.6. The third kappa shape index (κ3) is 4.45. The van der Waals surface area contributed by atoms with Crippen LogP contribution in [-0.2, 0) is 14.8 Å². The molecule has 0 atom stereocenters. The van der Waals surface area contributed by atoms with Crippen molar-refractivity contribution in [3.05, 3.63) is 23.0 Å². The van der Waals surface area contributed by atoms with Crippen molar-refractivity contribution in [1.82, 2.24) is 19.8 Å². The molecule has 2 N–H and O–H groups in total. The minimum Gasteiger partial charge on any atom is -0.355 e. The van der Waals surface area contributed by atoms with Gasteiger partial charge in [-0.3, -0.25) is 9.89 Å². The maximum atomic E-state index is 12.6. The molecule has 0 spiro atoms. The van der Waals surface area contributed by atoms with Crippen molar-refractivity contribution in [2.75, 3.05) is 20.1 Å². The van der Waals surface area contributed by atoms with Gasteiger partial charge in [0.05, 0.1) is 17.9 Å². The summed E-state index contributed by atoms with van der Waals surface area (Å²) in [6.07, 6.45) is 7.76. The van der Waals surface area contributed by atoms with Gasteiger partial charge in [0.25, 0.3) is 0 Å². The van der Waals surface area contributed by atoms with Crippen LogP contribution in [0.2, 0.25) is 0 Å². The second-order valence-electron chi connectivity index (χ2n) is 6.23. The Bertz CT molecular complexity index is 702. The molecule has 1 aliphatic carbocycles. The van der Waals surface area contributed by atoms with Gasteiger partial charge in [0.15, 0.2) is 0 Å². The number of aromatic amines is 1. The Morgan fingerprint density at radius 2 is 2.12 bits per heavy atom. The van der Waals surface area contributed by atoms with E-state index < -0.39 is 10.0 Å². The second kappa shape index (κ2) is 7.94. The highest BCUT2D eigenvalue weighted by Crippen LogP contribution is 2.21. The highest BCUT2D eigenvalue weighted by Gasteiger charge is 2.28. The summed E-state index contributed by atoms with van der Waals surface area (Å²) in [4.78, 5) is 12.2. The highest BCUT2D eigenvalue weighted by atomic mass is 32.2. The summed E-state index contributed by atoms with van der Waals surface area (Å²) in [6, 6.07) is 0. The first-order chi connectivity index (χ1) is 11.3. The van der Waals surface area contributed by atoms with Crippen molar-refractivity contribution >= 4 is 15.9 Å². The van der Waals surface area contributed by atoms with E-state index in [0.29, 0.717) is 17.9 Å². The minimum atomic E-state index is -3.73. The van der Waals surface area contributed by atoms with E-state index in [-0.39, 0.29) is 17.3 Å². The van der Waals surface area contributed by atoms with E-state index in [4.69, 9.17) is 0 Å². The number of nitrogens with one attached hydrogen (secondary N) is 2. The van der Waals surface area contributed by atoms with Crippen molar-refractivity contribution in [2.24, 2.45) is 0 Å². The maximum Gasteiger partial charge on any atom is 0.246 e. The summed E-state index contributed by atoms with van der Waals surface area (Å²) in [7, 11) is -2.32. The Morgan fingerprint density at radius 3 is 2.71 bits per heavy atom. The van der Waals surface area contributed by atoms with Crippen LogP contribution < -0.4 is 5.32 Å². The Kier molecular flexibility index (Phi) is 6.17. The average Bonchev–Trinajstić information content (AvgIpc) is 2.87. The molecule has 0 fully saturated rings. The third-order valence-electron chi connectivity index (χ3n) is 4.25. The Morgan fingerprint density at radius 1 is 1.38 bits per heavy atom. The first kappa shape index (κ1) is 18.7. The molecule has 2 rings (SSSR count). The molecule has 0 unspecified atom stereocenters. The van der Waals surface area contributed by atoms with Crippen LogP contribution in [0.15, 0.2) is 16.5 Å². The molecule has 7 nitrogen and oxygen atoms in total. The maximum absolute atomic E-state index is 12.6. The van der Waals surface area contributed by atoms with E-state index >= 15 is 0 Å². The van der Waals surface area contributed by atoms with Gasteiger partial charge in [0.1, 0.15) is 4.90 Å². The molecule has 1 aromatic rings. The van der Waals surface area contributed by atoms with Crippen LogP contribution in [0.4, 0.5) is 0 Å². The molecule has 24 heavy (non-hydrogen) atoms. The lowest BCUT2D eigenvalue weighted by molar-refractivity contribution is -0.121. The number of nitrogens with zero attached hydrogens (tertiary/aromatic N) is 2. The van der Waals surface area contributed by atoms with Crippen molar-refractivity contribution in [1.29, 1.82) is 0 Å². The lowest BCUT2D eigenvalue weighted by Crippen LogP contribution is -2.39. The van der Waals surface area contributed by atoms with Crippen molar-refractivity contribution in [2.45, 2.75) is 50.8 Å². The van der Waals surface area contributed by atoms with Crippen molar-refractivity contribution < 1.29 is 13.2 Å². The van der Waals surface area contributed by atoms with Crippen LogP contribution in [0, 0.1) is 13.8 Å². The molecule has 1 heterocycles. The van der Waals surface area contributed by atoms with E-state index in [1.54, 1.807) is 13.8 Å². The predicted molar refractivity (Wildman–Crippen MR) is 92.1 cm³/mol. The topological polar surface area (TPSA) is 95.2 Å². The van der Waals surface area contributed by atoms with Gasteiger partial charge in [-0.2, -0.15) is 9.40 Å². The van der Waals surface area contributed by atoms with Crippen LogP contribution in [0.3, 0.4) is 0 Å². The molecule has 1 amide bonds. The van der Waals surface area contributed by atoms with E-state index in [9.17, 15) is 13.2 Å². The third-order valence-corrected chi connectivity index (χ3v) is 6.32.